The Balaban J connectivity index is 1.58. The fraction of sp³-hybridized carbons (Fsp3) is 0.875. The molecule has 0 radical (unpaired) electrons. The van der Waals surface area contributed by atoms with Crippen molar-refractivity contribution in [3.63, 3.8) is 0 Å². The summed E-state index contributed by atoms with van der Waals surface area (Å²) in [6, 6.07) is -0.937. The highest BCUT2D eigenvalue weighted by molar-refractivity contribution is 5.76. The van der Waals surface area contributed by atoms with Gasteiger partial charge in [0, 0.05) is 6.42 Å². The van der Waals surface area contributed by atoms with Gasteiger partial charge in [-0.1, -0.05) is 281 Å². The standard InChI is InChI=1S/C72H133NO13/c1-3-5-7-9-11-13-15-17-19-20-21-22-23-24-25-26-27-28-29-30-31-32-33-34-35-36-37-38-39-40-42-44-46-48-50-52-54-56-64(77)73-60(61(76)55-53-51-49-47-45-43-41-18-16-14-12-10-8-6-4-2)59-83-71-69(82)67(80)70(63(58-75)85-71)86-72-68(81)66(79)65(78)62(57-74)84-72/h16,18,20-21,45,47,53,55,60-63,65-72,74-76,78-82H,3-15,17,19,22-44,46,48-52,54,56-59H2,1-2H3,(H,73,77)/b18-16+,21-20-,47-45+,55-53+. The largest absolute Gasteiger partial charge is 0.394 e. The molecule has 2 fully saturated rings. The van der Waals surface area contributed by atoms with Crippen molar-refractivity contribution in [2.24, 2.45) is 0 Å². The van der Waals surface area contributed by atoms with Gasteiger partial charge in [0.2, 0.25) is 5.91 Å². The molecule has 2 rings (SSSR count). The maximum Gasteiger partial charge on any atom is 0.220 e. The SMILES string of the molecule is CCCCCCC/C=C/CC/C=C/CC/C=C/C(O)C(COC1OC(CO)C(OC2OC(CO)C(O)C(O)C2O)C(O)C1O)NC(=O)CCCCCCCCCCCCCCCCCCCCCCCCCCC/C=C\CCCCCCCCCC. The van der Waals surface area contributed by atoms with Crippen LogP contribution in [0.5, 0.6) is 0 Å². The summed E-state index contributed by atoms with van der Waals surface area (Å²) in [5, 5.41) is 87.2. The summed E-state index contributed by atoms with van der Waals surface area (Å²) >= 11 is 0. The summed E-state index contributed by atoms with van der Waals surface area (Å²) in [4.78, 5) is 13.3. The van der Waals surface area contributed by atoms with E-state index in [4.69, 9.17) is 18.9 Å². The van der Waals surface area contributed by atoms with E-state index >= 15 is 0 Å². The third-order valence-corrected chi connectivity index (χ3v) is 17.5. The number of ether oxygens (including phenoxy) is 4. The first-order valence-electron chi connectivity index (χ1n) is 35.9. The van der Waals surface area contributed by atoms with Crippen LogP contribution in [0, 0.1) is 0 Å². The van der Waals surface area contributed by atoms with E-state index in [0.717, 1.165) is 44.9 Å². The van der Waals surface area contributed by atoms with Crippen molar-refractivity contribution in [2.75, 3.05) is 19.8 Å². The Morgan fingerprint density at radius 1 is 0.407 bits per heavy atom. The Bertz CT molecular complexity index is 1630. The van der Waals surface area contributed by atoms with E-state index in [-0.39, 0.29) is 18.9 Å². The number of unbranched alkanes of at least 4 members (excludes halogenated alkanes) is 40. The van der Waals surface area contributed by atoms with Crippen LogP contribution in [0.3, 0.4) is 0 Å². The smallest absolute Gasteiger partial charge is 0.220 e. The van der Waals surface area contributed by atoms with Crippen LogP contribution >= 0.6 is 0 Å². The number of rotatable bonds is 59. The van der Waals surface area contributed by atoms with E-state index in [1.54, 1.807) is 6.08 Å². The van der Waals surface area contributed by atoms with Gasteiger partial charge >= 0.3 is 0 Å². The van der Waals surface area contributed by atoms with Crippen LogP contribution in [0.2, 0.25) is 0 Å². The summed E-state index contributed by atoms with van der Waals surface area (Å²) in [5.74, 6) is -0.249. The lowest BCUT2D eigenvalue weighted by Crippen LogP contribution is -2.65. The molecule has 2 aliphatic heterocycles. The number of hydrogen-bond acceptors (Lipinski definition) is 13. The van der Waals surface area contributed by atoms with Crippen LogP contribution < -0.4 is 5.32 Å². The number of allylic oxidation sites excluding steroid dienone is 7. The number of aliphatic hydroxyl groups is 8. The molecule has 0 aromatic carbocycles. The first kappa shape index (κ1) is 80.0. The van der Waals surface area contributed by atoms with E-state index < -0.39 is 86.8 Å². The van der Waals surface area contributed by atoms with Crippen LogP contribution in [0.4, 0.5) is 0 Å². The van der Waals surface area contributed by atoms with Crippen LogP contribution in [0.25, 0.3) is 0 Å². The molecule has 86 heavy (non-hydrogen) atoms. The zero-order chi connectivity index (χ0) is 62.3. The van der Waals surface area contributed by atoms with Crippen molar-refractivity contribution in [3.8, 4) is 0 Å². The quantitative estimate of drug-likeness (QED) is 0.0204. The van der Waals surface area contributed by atoms with Gasteiger partial charge in [0.15, 0.2) is 12.6 Å². The van der Waals surface area contributed by atoms with E-state index in [1.165, 1.54) is 231 Å². The second-order valence-electron chi connectivity index (χ2n) is 25.3. The highest BCUT2D eigenvalue weighted by Crippen LogP contribution is 2.30. The van der Waals surface area contributed by atoms with Crippen LogP contribution in [0.1, 0.15) is 309 Å². The Morgan fingerprint density at radius 3 is 1.14 bits per heavy atom. The predicted octanol–water partition coefficient (Wildman–Crippen LogP) is 14.7. The maximum atomic E-state index is 13.3. The second-order valence-corrected chi connectivity index (χ2v) is 25.3. The molecule has 12 atom stereocenters. The Labute approximate surface area is 524 Å². The topological polar surface area (TPSA) is 228 Å². The maximum absolute atomic E-state index is 13.3. The lowest BCUT2D eigenvalue weighted by Gasteiger charge is -2.46. The molecule has 2 heterocycles. The van der Waals surface area contributed by atoms with Crippen LogP contribution in [-0.4, -0.2) is 140 Å². The fourth-order valence-corrected chi connectivity index (χ4v) is 11.7. The van der Waals surface area contributed by atoms with E-state index in [2.05, 4.69) is 55.6 Å². The molecule has 2 aliphatic rings. The Hall–Kier alpha value is -2.05. The average molecular weight is 1220 g/mol. The molecule has 1 amide bonds. The Morgan fingerprint density at radius 2 is 0.744 bits per heavy atom. The molecule has 504 valence electrons. The van der Waals surface area contributed by atoms with Gasteiger partial charge in [-0.25, -0.2) is 0 Å². The zero-order valence-electron chi connectivity index (χ0n) is 54.8. The molecule has 0 bridgehead atoms. The van der Waals surface area contributed by atoms with Crippen molar-refractivity contribution in [3.05, 3.63) is 48.6 Å². The third-order valence-electron chi connectivity index (χ3n) is 17.5. The molecule has 14 heteroatoms. The van der Waals surface area contributed by atoms with Crippen molar-refractivity contribution < 1.29 is 64.6 Å². The van der Waals surface area contributed by atoms with E-state index in [9.17, 15) is 45.6 Å². The van der Waals surface area contributed by atoms with Gasteiger partial charge < -0.3 is 65.1 Å². The van der Waals surface area contributed by atoms with Crippen molar-refractivity contribution >= 4 is 5.91 Å². The zero-order valence-corrected chi connectivity index (χ0v) is 54.8. The first-order valence-corrected chi connectivity index (χ1v) is 35.9. The van der Waals surface area contributed by atoms with Crippen molar-refractivity contribution in [2.45, 2.75) is 383 Å². The van der Waals surface area contributed by atoms with Gasteiger partial charge in [-0.15, -0.1) is 0 Å². The molecule has 12 unspecified atom stereocenters. The number of hydrogen-bond donors (Lipinski definition) is 9. The summed E-state index contributed by atoms with van der Waals surface area (Å²) in [7, 11) is 0. The molecule has 0 spiro atoms. The molecule has 0 aliphatic carbocycles. The molecular formula is C72H133NO13. The third kappa shape index (κ3) is 40.6. The van der Waals surface area contributed by atoms with Crippen molar-refractivity contribution in [1.82, 2.24) is 5.32 Å². The summed E-state index contributed by atoms with van der Waals surface area (Å²) in [5.41, 5.74) is 0. The molecule has 2 saturated heterocycles. The lowest BCUT2D eigenvalue weighted by molar-refractivity contribution is -0.359. The van der Waals surface area contributed by atoms with Gasteiger partial charge in [0.05, 0.1) is 32.0 Å². The number of carbonyl (C=O) groups is 1. The van der Waals surface area contributed by atoms with Crippen LogP contribution in [-0.2, 0) is 23.7 Å². The average Bonchev–Trinajstić information content (AvgIpc) is 2.52. The second kappa shape index (κ2) is 56.9. The Kier molecular flexibility index (Phi) is 53.0. The molecule has 0 saturated carbocycles. The number of aliphatic hydroxyl groups excluding tert-OH is 8. The highest BCUT2D eigenvalue weighted by Gasteiger charge is 2.51. The summed E-state index contributed by atoms with van der Waals surface area (Å²) in [6.45, 7) is 2.78. The van der Waals surface area contributed by atoms with E-state index in [1.807, 2.05) is 6.08 Å². The van der Waals surface area contributed by atoms with Gasteiger partial charge in [-0.2, -0.15) is 0 Å². The predicted molar refractivity (Wildman–Crippen MR) is 351 cm³/mol. The van der Waals surface area contributed by atoms with Gasteiger partial charge in [-0.3, -0.25) is 4.79 Å². The highest BCUT2D eigenvalue weighted by atomic mass is 16.7. The number of nitrogens with one attached hydrogen (secondary N) is 1. The number of amides is 1. The normalized spacial score (nSPS) is 23.7. The summed E-state index contributed by atoms with van der Waals surface area (Å²) < 4.78 is 22.8. The minimum absolute atomic E-state index is 0.249. The first-order chi connectivity index (χ1) is 42.1. The van der Waals surface area contributed by atoms with E-state index in [0.29, 0.717) is 12.8 Å². The van der Waals surface area contributed by atoms with Crippen LogP contribution in [0.15, 0.2) is 48.6 Å². The summed E-state index contributed by atoms with van der Waals surface area (Å²) in [6.07, 6.45) is 57.7. The lowest BCUT2D eigenvalue weighted by atomic mass is 9.97. The van der Waals surface area contributed by atoms with Crippen molar-refractivity contribution in [1.29, 1.82) is 0 Å². The minimum atomic E-state index is -1.79. The molecular weight excluding hydrogens is 1090 g/mol. The van der Waals surface area contributed by atoms with Gasteiger partial charge in [0.25, 0.3) is 0 Å². The molecule has 14 nitrogen and oxygen atoms in total. The minimum Gasteiger partial charge on any atom is -0.394 e. The monoisotopic (exact) mass is 1220 g/mol. The molecule has 0 aromatic heterocycles. The molecule has 9 N–H and O–H groups in total. The fourth-order valence-electron chi connectivity index (χ4n) is 11.7. The van der Waals surface area contributed by atoms with Gasteiger partial charge in [0.1, 0.15) is 48.8 Å². The molecule has 0 aromatic rings. The van der Waals surface area contributed by atoms with Gasteiger partial charge in [-0.05, 0) is 70.6 Å². The number of carbonyl (C=O) groups excluding carboxylic acids is 1.